The molecule has 0 bridgehead atoms. The van der Waals surface area contributed by atoms with Gasteiger partial charge in [-0.3, -0.25) is 0 Å². The number of imidazole rings is 1. The van der Waals surface area contributed by atoms with E-state index in [9.17, 15) is 0 Å². The second-order valence-corrected chi connectivity index (χ2v) is 4.00. The Labute approximate surface area is 99.1 Å². The summed E-state index contributed by atoms with van der Waals surface area (Å²) >= 11 is 0. The van der Waals surface area contributed by atoms with Crippen molar-refractivity contribution in [1.82, 2.24) is 20.3 Å². The Morgan fingerprint density at radius 1 is 1.06 bits per heavy atom. The smallest absolute Gasteiger partial charge is 0.120 e. The molecule has 4 heteroatoms. The average Bonchev–Trinajstić information content (AvgIpc) is 2.99. The van der Waals surface area contributed by atoms with Gasteiger partial charge in [0.25, 0.3) is 0 Å². The number of hydrogen-bond acceptors (Lipinski definition) is 2. The third-order valence-electron chi connectivity index (χ3n) is 2.85. The highest BCUT2D eigenvalue weighted by atomic mass is 15.0. The first-order valence-corrected chi connectivity index (χ1v) is 5.67. The monoisotopic (exact) mass is 226 g/mol. The van der Waals surface area contributed by atoms with Gasteiger partial charge in [0.2, 0.25) is 0 Å². The predicted octanol–water partition coefficient (Wildman–Crippen LogP) is 2.18. The summed E-state index contributed by atoms with van der Waals surface area (Å²) in [7, 11) is 0. The fraction of sp³-hybridized carbons (Fsp3) is 0.154. The lowest BCUT2D eigenvalue weighted by Crippen LogP contribution is -2.13. The summed E-state index contributed by atoms with van der Waals surface area (Å²) in [5, 5.41) is 4.66. The number of hydrogen-bond donors (Lipinski definition) is 3. The average molecular weight is 226 g/mol. The van der Waals surface area contributed by atoms with Crippen LogP contribution in [0.5, 0.6) is 0 Å². The third kappa shape index (κ3) is 2.07. The maximum absolute atomic E-state index is 4.18. The molecule has 0 spiro atoms. The van der Waals surface area contributed by atoms with Crippen molar-refractivity contribution in [3.05, 3.63) is 54.2 Å². The molecule has 0 unspecified atom stereocenters. The number of H-pyrrole nitrogens is 2. The molecule has 0 fully saturated rings. The predicted molar refractivity (Wildman–Crippen MR) is 67.4 cm³/mol. The van der Waals surface area contributed by atoms with Crippen molar-refractivity contribution in [2.24, 2.45) is 0 Å². The van der Waals surface area contributed by atoms with Crippen LogP contribution in [0, 0.1) is 0 Å². The molecular formula is C13H14N4. The molecule has 0 saturated heterocycles. The van der Waals surface area contributed by atoms with Crippen molar-refractivity contribution in [2.45, 2.75) is 13.1 Å². The Morgan fingerprint density at radius 2 is 2.06 bits per heavy atom. The van der Waals surface area contributed by atoms with Gasteiger partial charge in [0, 0.05) is 36.0 Å². The molecule has 1 aromatic carbocycles. The summed E-state index contributed by atoms with van der Waals surface area (Å²) in [6.45, 7) is 1.60. The van der Waals surface area contributed by atoms with Gasteiger partial charge >= 0.3 is 0 Å². The van der Waals surface area contributed by atoms with Crippen LogP contribution in [-0.4, -0.2) is 15.0 Å². The van der Waals surface area contributed by atoms with Crippen LogP contribution in [0.2, 0.25) is 0 Å². The number of nitrogens with one attached hydrogen (secondary N) is 3. The molecule has 0 saturated carbocycles. The molecule has 0 atom stereocenters. The van der Waals surface area contributed by atoms with Crippen molar-refractivity contribution in [3.8, 4) is 0 Å². The number of nitrogens with zero attached hydrogens (tertiary/aromatic N) is 1. The molecule has 86 valence electrons. The molecule has 4 nitrogen and oxygen atoms in total. The first kappa shape index (κ1) is 10.1. The number of fused-ring (bicyclic) bond motifs is 1. The van der Waals surface area contributed by atoms with Crippen LogP contribution in [0.1, 0.15) is 11.4 Å². The summed E-state index contributed by atoms with van der Waals surface area (Å²) < 4.78 is 0. The van der Waals surface area contributed by atoms with Crippen molar-refractivity contribution in [1.29, 1.82) is 0 Å². The van der Waals surface area contributed by atoms with Crippen LogP contribution in [0.4, 0.5) is 0 Å². The minimum Gasteiger partial charge on any atom is -0.361 e. The Morgan fingerprint density at radius 3 is 2.94 bits per heavy atom. The van der Waals surface area contributed by atoms with E-state index in [0.717, 1.165) is 18.9 Å². The topological polar surface area (TPSA) is 56.5 Å². The van der Waals surface area contributed by atoms with E-state index in [0.29, 0.717) is 0 Å². The lowest BCUT2D eigenvalue weighted by Gasteiger charge is -2.04. The van der Waals surface area contributed by atoms with Crippen LogP contribution >= 0.6 is 0 Å². The van der Waals surface area contributed by atoms with E-state index in [4.69, 9.17) is 0 Å². The molecule has 0 aliphatic carbocycles. The van der Waals surface area contributed by atoms with E-state index in [1.54, 1.807) is 6.20 Å². The van der Waals surface area contributed by atoms with Crippen LogP contribution < -0.4 is 5.32 Å². The highest BCUT2D eigenvalue weighted by Gasteiger charge is 2.01. The highest BCUT2D eigenvalue weighted by Crippen LogP contribution is 2.16. The standard InChI is InChI=1S/C13H14N4/c1-2-10(11-4-5-15-12(11)3-1)8-14-9-13-16-6-7-17-13/h1-7,14-15H,8-9H2,(H,16,17). The van der Waals surface area contributed by atoms with Crippen LogP contribution in [0.3, 0.4) is 0 Å². The molecule has 17 heavy (non-hydrogen) atoms. The van der Waals surface area contributed by atoms with Gasteiger partial charge in [-0.15, -0.1) is 0 Å². The normalized spacial score (nSPS) is 11.1. The first-order chi connectivity index (χ1) is 8.43. The Balaban J connectivity index is 1.70. The second-order valence-electron chi connectivity index (χ2n) is 4.00. The molecular weight excluding hydrogens is 212 g/mol. The van der Waals surface area contributed by atoms with Gasteiger partial charge in [-0.25, -0.2) is 4.98 Å². The molecule has 2 aromatic heterocycles. The fourth-order valence-electron chi connectivity index (χ4n) is 2.01. The SMILES string of the molecule is c1cc(CNCc2ncc[nH]2)c2cc[nH]c2c1. The second kappa shape index (κ2) is 4.43. The van der Waals surface area contributed by atoms with Crippen molar-refractivity contribution in [3.63, 3.8) is 0 Å². The van der Waals surface area contributed by atoms with Crippen molar-refractivity contribution >= 4 is 10.9 Å². The van der Waals surface area contributed by atoms with Crippen molar-refractivity contribution < 1.29 is 0 Å². The number of aromatic amines is 2. The zero-order chi connectivity index (χ0) is 11.5. The lowest BCUT2D eigenvalue weighted by molar-refractivity contribution is 0.671. The number of aromatic nitrogens is 3. The van der Waals surface area contributed by atoms with Gasteiger partial charge in [0.1, 0.15) is 5.82 Å². The molecule has 3 N–H and O–H groups in total. The van der Waals surface area contributed by atoms with Gasteiger partial charge < -0.3 is 15.3 Å². The molecule has 3 aromatic rings. The van der Waals surface area contributed by atoms with Gasteiger partial charge in [-0.1, -0.05) is 12.1 Å². The molecule has 0 amide bonds. The maximum atomic E-state index is 4.18. The van der Waals surface area contributed by atoms with Gasteiger partial charge in [-0.05, 0) is 17.7 Å². The minimum atomic E-state index is 0.758. The van der Waals surface area contributed by atoms with E-state index in [-0.39, 0.29) is 0 Å². The fourth-order valence-corrected chi connectivity index (χ4v) is 2.01. The van der Waals surface area contributed by atoms with E-state index >= 15 is 0 Å². The van der Waals surface area contributed by atoms with Crippen molar-refractivity contribution in [2.75, 3.05) is 0 Å². The molecule has 0 aliphatic heterocycles. The zero-order valence-electron chi connectivity index (χ0n) is 9.40. The van der Waals surface area contributed by atoms with Gasteiger partial charge in [0.15, 0.2) is 0 Å². The van der Waals surface area contributed by atoms with Crippen LogP contribution in [-0.2, 0) is 13.1 Å². The Hall–Kier alpha value is -2.07. The number of benzene rings is 1. The maximum Gasteiger partial charge on any atom is 0.120 e. The quantitative estimate of drug-likeness (QED) is 0.638. The largest absolute Gasteiger partial charge is 0.361 e. The highest BCUT2D eigenvalue weighted by molar-refractivity contribution is 5.82. The van der Waals surface area contributed by atoms with E-state index in [1.807, 2.05) is 12.4 Å². The Kier molecular flexibility index (Phi) is 2.63. The molecule has 0 aliphatic rings. The summed E-state index contributed by atoms with van der Waals surface area (Å²) in [5.41, 5.74) is 2.48. The summed E-state index contributed by atoms with van der Waals surface area (Å²) in [6.07, 6.45) is 5.58. The van der Waals surface area contributed by atoms with Gasteiger partial charge in [0.05, 0.1) is 6.54 Å². The van der Waals surface area contributed by atoms with E-state index in [1.165, 1.54) is 16.5 Å². The number of rotatable bonds is 4. The first-order valence-electron chi connectivity index (χ1n) is 5.67. The minimum absolute atomic E-state index is 0.758. The molecule has 0 radical (unpaired) electrons. The molecule has 3 rings (SSSR count). The molecule has 2 heterocycles. The van der Waals surface area contributed by atoms with Gasteiger partial charge in [-0.2, -0.15) is 0 Å². The Bertz CT molecular complexity index is 595. The van der Waals surface area contributed by atoms with Crippen LogP contribution in [0.25, 0.3) is 10.9 Å². The lowest BCUT2D eigenvalue weighted by atomic mass is 10.1. The van der Waals surface area contributed by atoms with E-state index in [2.05, 4.69) is 44.5 Å². The summed E-state index contributed by atoms with van der Waals surface area (Å²) in [5.74, 6) is 0.964. The summed E-state index contributed by atoms with van der Waals surface area (Å²) in [6, 6.07) is 8.42. The zero-order valence-corrected chi connectivity index (χ0v) is 9.40. The van der Waals surface area contributed by atoms with E-state index < -0.39 is 0 Å². The van der Waals surface area contributed by atoms with Crippen LogP contribution in [0.15, 0.2) is 42.9 Å². The third-order valence-corrected chi connectivity index (χ3v) is 2.85. The summed E-state index contributed by atoms with van der Waals surface area (Å²) in [4.78, 5) is 10.5.